The van der Waals surface area contributed by atoms with E-state index in [1.807, 2.05) is 52.0 Å². The molecule has 0 aliphatic rings. The van der Waals surface area contributed by atoms with E-state index in [4.69, 9.17) is 0 Å². The highest BCUT2D eigenvalue weighted by molar-refractivity contribution is 9.10. The molecule has 2 atom stereocenters. The maximum atomic E-state index is 11.9. The minimum Gasteiger partial charge on any atom is -0.598 e. The molecule has 2 nitrogen and oxygen atoms in total. The summed E-state index contributed by atoms with van der Waals surface area (Å²) in [5.74, 6) is 0. The summed E-state index contributed by atoms with van der Waals surface area (Å²) < 4.78 is 15.9. The molecule has 1 aromatic carbocycles. The fourth-order valence-corrected chi connectivity index (χ4v) is 2.66. The van der Waals surface area contributed by atoms with Crippen LogP contribution >= 0.6 is 15.9 Å². The first-order chi connectivity index (χ1) is 7.32. The van der Waals surface area contributed by atoms with E-state index in [1.54, 1.807) is 0 Å². The van der Waals surface area contributed by atoms with Crippen molar-refractivity contribution < 1.29 is 4.55 Å². The normalized spacial score (nSPS) is 15.9. The second-order valence-electron chi connectivity index (χ2n) is 4.74. The van der Waals surface area contributed by atoms with Crippen LogP contribution in [-0.4, -0.2) is 9.30 Å². The molecule has 0 aromatic heterocycles. The second kappa shape index (κ2) is 5.54. The molecule has 0 radical (unpaired) electrons. The lowest BCUT2D eigenvalue weighted by Gasteiger charge is -2.26. The minimum atomic E-state index is -1.05. The average molecular weight is 304 g/mol. The Bertz CT molecular complexity index is 351. The Kier molecular flexibility index (Phi) is 4.86. The Morgan fingerprint density at radius 3 is 2.38 bits per heavy atom. The lowest BCUT2D eigenvalue weighted by Crippen LogP contribution is -2.40. The van der Waals surface area contributed by atoms with Crippen molar-refractivity contribution in [3.8, 4) is 0 Å². The van der Waals surface area contributed by atoms with Gasteiger partial charge in [-0.1, -0.05) is 34.1 Å². The topological polar surface area (TPSA) is 35.1 Å². The molecule has 16 heavy (non-hydrogen) atoms. The number of benzene rings is 1. The quantitative estimate of drug-likeness (QED) is 0.867. The Morgan fingerprint density at radius 2 is 1.88 bits per heavy atom. The van der Waals surface area contributed by atoms with Crippen LogP contribution in [0.2, 0.25) is 0 Å². The molecule has 1 rings (SSSR count). The third-order valence-corrected chi connectivity index (χ3v) is 4.61. The standard InChI is InChI=1S/C12H18BrNOS/c1-9(14-16(15)12(2,3)4)10-7-5-6-8-11(10)13/h5-9,14H,1-4H3. The van der Waals surface area contributed by atoms with Crippen LogP contribution in [0.5, 0.6) is 0 Å². The highest BCUT2D eigenvalue weighted by Gasteiger charge is 2.28. The van der Waals surface area contributed by atoms with Crippen molar-refractivity contribution in [3.63, 3.8) is 0 Å². The summed E-state index contributed by atoms with van der Waals surface area (Å²) in [6, 6.07) is 8.05. The predicted molar refractivity (Wildman–Crippen MR) is 73.6 cm³/mol. The molecule has 0 saturated heterocycles. The van der Waals surface area contributed by atoms with Crippen LogP contribution in [0.1, 0.15) is 39.3 Å². The molecule has 0 spiro atoms. The highest BCUT2D eigenvalue weighted by atomic mass is 79.9. The number of hydrogen-bond donors (Lipinski definition) is 1. The first-order valence-corrected chi connectivity index (χ1v) is 7.19. The van der Waals surface area contributed by atoms with Crippen molar-refractivity contribution in [2.75, 3.05) is 0 Å². The summed E-state index contributed by atoms with van der Waals surface area (Å²) in [5.41, 5.74) is 1.13. The summed E-state index contributed by atoms with van der Waals surface area (Å²) in [7, 11) is 0. The minimum absolute atomic E-state index is 0.0654. The van der Waals surface area contributed by atoms with Crippen LogP contribution < -0.4 is 4.72 Å². The molecule has 0 aliphatic heterocycles. The molecule has 0 heterocycles. The van der Waals surface area contributed by atoms with Crippen molar-refractivity contribution in [2.24, 2.45) is 0 Å². The van der Waals surface area contributed by atoms with E-state index in [0.29, 0.717) is 0 Å². The molecule has 0 fully saturated rings. The van der Waals surface area contributed by atoms with Gasteiger partial charge in [-0.05, 0) is 39.3 Å². The Balaban J connectivity index is 2.73. The first kappa shape index (κ1) is 14.0. The van der Waals surface area contributed by atoms with Crippen molar-refractivity contribution in [2.45, 2.75) is 38.5 Å². The third-order valence-electron chi connectivity index (χ3n) is 2.21. The van der Waals surface area contributed by atoms with E-state index in [2.05, 4.69) is 20.7 Å². The third kappa shape index (κ3) is 3.77. The van der Waals surface area contributed by atoms with Gasteiger partial charge in [0, 0.05) is 15.8 Å². The van der Waals surface area contributed by atoms with Gasteiger partial charge in [0.25, 0.3) is 0 Å². The van der Waals surface area contributed by atoms with Crippen LogP contribution in [0.25, 0.3) is 0 Å². The zero-order chi connectivity index (χ0) is 12.3. The number of nitrogens with one attached hydrogen (secondary N) is 1. The van der Waals surface area contributed by atoms with E-state index >= 15 is 0 Å². The summed E-state index contributed by atoms with van der Waals surface area (Å²) in [6.45, 7) is 7.90. The molecule has 4 heteroatoms. The zero-order valence-electron chi connectivity index (χ0n) is 10.1. The summed E-state index contributed by atoms with van der Waals surface area (Å²) >= 11 is 2.45. The number of halogens is 1. The van der Waals surface area contributed by atoms with Crippen molar-refractivity contribution in [1.29, 1.82) is 0 Å². The molecule has 0 bridgehead atoms. The van der Waals surface area contributed by atoms with Gasteiger partial charge in [-0.2, -0.15) is 0 Å². The molecular formula is C12H18BrNOS. The monoisotopic (exact) mass is 303 g/mol. The van der Waals surface area contributed by atoms with Crippen LogP contribution in [0, 0.1) is 0 Å². The highest BCUT2D eigenvalue weighted by Crippen LogP contribution is 2.25. The number of rotatable bonds is 3. The summed E-state index contributed by atoms with van der Waals surface area (Å²) in [4.78, 5) is 0. The maximum absolute atomic E-state index is 11.9. The van der Waals surface area contributed by atoms with Gasteiger partial charge in [0.1, 0.15) is 4.75 Å². The Morgan fingerprint density at radius 1 is 1.31 bits per heavy atom. The van der Waals surface area contributed by atoms with Gasteiger partial charge in [-0.25, -0.2) is 0 Å². The smallest absolute Gasteiger partial charge is 0.136 e. The average Bonchev–Trinajstić information content (AvgIpc) is 2.16. The molecule has 1 N–H and O–H groups in total. The lowest BCUT2D eigenvalue weighted by molar-refractivity contribution is 0.531. The molecule has 2 unspecified atom stereocenters. The fourth-order valence-electron chi connectivity index (χ4n) is 1.23. The number of hydrogen-bond acceptors (Lipinski definition) is 2. The van der Waals surface area contributed by atoms with Gasteiger partial charge < -0.3 is 4.55 Å². The van der Waals surface area contributed by atoms with Crippen molar-refractivity contribution >= 4 is 27.3 Å². The van der Waals surface area contributed by atoms with Crippen LogP contribution in [0.15, 0.2) is 28.7 Å². The molecule has 90 valence electrons. The van der Waals surface area contributed by atoms with Crippen molar-refractivity contribution in [1.82, 2.24) is 4.72 Å². The van der Waals surface area contributed by atoms with E-state index < -0.39 is 11.4 Å². The molecule has 0 amide bonds. The SMILES string of the molecule is CC(N[S+]([O-])C(C)(C)C)c1ccccc1Br. The lowest BCUT2D eigenvalue weighted by atomic mass is 10.1. The maximum Gasteiger partial charge on any atom is 0.136 e. The van der Waals surface area contributed by atoms with Gasteiger partial charge in [0.2, 0.25) is 0 Å². The van der Waals surface area contributed by atoms with Gasteiger partial charge in [-0.3, -0.25) is 0 Å². The summed E-state index contributed by atoms with van der Waals surface area (Å²) in [6.07, 6.45) is 0. The summed E-state index contributed by atoms with van der Waals surface area (Å²) in [5, 5.41) is 0. The van der Waals surface area contributed by atoms with E-state index in [9.17, 15) is 4.55 Å². The van der Waals surface area contributed by atoms with Gasteiger partial charge in [-0.15, -0.1) is 4.72 Å². The van der Waals surface area contributed by atoms with Crippen LogP contribution in [0.3, 0.4) is 0 Å². The van der Waals surface area contributed by atoms with Gasteiger partial charge >= 0.3 is 0 Å². The van der Waals surface area contributed by atoms with E-state index in [1.165, 1.54) is 0 Å². The van der Waals surface area contributed by atoms with Gasteiger partial charge in [0.05, 0.1) is 6.04 Å². The first-order valence-electron chi connectivity index (χ1n) is 5.25. The fraction of sp³-hybridized carbons (Fsp3) is 0.500. The predicted octanol–water partition coefficient (Wildman–Crippen LogP) is 3.56. The molecule has 1 aromatic rings. The Hall–Kier alpha value is -0.0300. The second-order valence-corrected chi connectivity index (χ2v) is 7.59. The van der Waals surface area contributed by atoms with Crippen molar-refractivity contribution in [3.05, 3.63) is 34.3 Å². The van der Waals surface area contributed by atoms with Crippen LogP contribution in [-0.2, 0) is 11.4 Å². The largest absolute Gasteiger partial charge is 0.598 e. The molecule has 0 aliphatic carbocycles. The zero-order valence-corrected chi connectivity index (χ0v) is 12.5. The van der Waals surface area contributed by atoms with Crippen LogP contribution in [0.4, 0.5) is 0 Å². The van der Waals surface area contributed by atoms with Gasteiger partial charge in [0.15, 0.2) is 0 Å². The molecular weight excluding hydrogens is 286 g/mol. The Labute approximate surface area is 109 Å². The molecule has 0 saturated carbocycles. The van der Waals surface area contributed by atoms with E-state index in [0.717, 1.165) is 10.0 Å². The van der Waals surface area contributed by atoms with E-state index in [-0.39, 0.29) is 10.8 Å².